The molecular formula is C11H16ClNO2. The van der Waals surface area contributed by atoms with Crippen molar-refractivity contribution in [3.8, 4) is 5.75 Å². The van der Waals surface area contributed by atoms with Crippen molar-refractivity contribution in [3.63, 3.8) is 0 Å². The highest BCUT2D eigenvalue weighted by atomic mass is 35.5. The number of hydroxylamine groups is 1. The molecule has 0 unspecified atom stereocenters. The molecule has 0 amide bonds. The van der Waals surface area contributed by atoms with Crippen molar-refractivity contribution in [1.29, 1.82) is 0 Å². The molecule has 0 aliphatic carbocycles. The number of hydrogen-bond donors (Lipinski definition) is 2. The second-order valence-corrected chi connectivity index (χ2v) is 3.86. The van der Waals surface area contributed by atoms with E-state index >= 15 is 0 Å². The van der Waals surface area contributed by atoms with E-state index < -0.39 is 0 Å². The Morgan fingerprint density at radius 1 is 1.33 bits per heavy atom. The second-order valence-electron chi connectivity index (χ2n) is 3.48. The summed E-state index contributed by atoms with van der Waals surface area (Å²) in [5, 5.41) is 9.16. The Bertz CT molecular complexity index is 305. The molecule has 0 radical (unpaired) electrons. The van der Waals surface area contributed by atoms with Gasteiger partial charge in [-0.2, -0.15) is 0 Å². The van der Waals surface area contributed by atoms with Crippen LogP contribution in [-0.2, 0) is 0 Å². The summed E-state index contributed by atoms with van der Waals surface area (Å²) in [4.78, 5) is 0. The lowest BCUT2D eigenvalue weighted by atomic mass is 10.1. The Hall–Kier alpha value is -0.770. The fraction of sp³-hybridized carbons (Fsp3) is 0.455. The van der Waals surface area contributed by atoms with E-state index in [0.29, 0.717) is 13.2 Å². The molecule has 0 saturated carbocycles. The molecule has 1 rings (SSSR count). The van der Waals surface area contributed by atoms with E-state index in [4.69, 9.17) is 21.5 Å². The van der Waals surface area contributed by atoms with Crippen molar-refractivity contribution >= 4 is 11.6 Å². The van der Waals surface area contributed by atoms with Crippen LogP contribution < -0.4 is 10.2 Å². The van der Waals surface area contributed by atoms with Crippen LogP contribution in [0.3, 0.4) is 0 Å². The topological polar surface area (TPSA) is 41.5 Å². The largest absolute Gasteiger partial charge is 0.494 e. The average molecular weight is 230 g/mol. The maximum absolute atomic E-state index is 8.37. The Labute approximate surface area is 95.0 Å². The van der Waals surface area contributed by atoms with Crippen molar-refractivity contribution < 1.29 is 9.94 Å². The average Bonchev–Trinajstić information content (AvgIpc) is 2.21. The number of hydrogen-bond acceptors (Lipinski definition) is 3. The van der Waals surface area contributed by atoms with Gasteiger partial charge in [-0.3, -0.25) is 0 Å². The molecule has 0 aliphatic rings. The fourth-order valence-corrected chi connectivity index (χ4v) is 1.44. The van der Waals surface area contributed by atoms with E-state index in [2.05, 4.69) is 5.48 Å². The Balaban J connectivity index is 2.55. The Morgan fingerprint density at radius 2 is 1.93 bits per heavy atom. The van der Waals surface area contributed by atoms with Crippen LogP contribution in [0.2, 0.25) is 5.02 Å². The van der Waals surface area contributed by atoms with Gasteiger partial charge in [0.2, 0.25) is 0 Å². The first-order valence-electron chi connectivity index (χ1n) is 4.91. The normalized spacial score (nSPS) is 10.4. The number of rotatable bonds is 5. The monoisotopic (exact) mass is 229 g/mol. The summed E-state index contributed by atoms with van der Waals surface area (Å²) in [6, 6.07) is 3.84. The standard InChI is InChI=1S/C11H16ClNO2/c1-8-6-10(7-9(2)11(8)12)15-5-3-4-13-14/h6-7,13-14H,3-5H2,1-2H3. The zero-order valence-electron chi connectivity index (χ0n) is 9.01. The molecule has 4 heteroatoms. The van der Waals surface area contributed by atoms with Gasteiger partial charge in [-0.05, 0) is 43.5 Å². The number of nitrogens with one attached hydrogen (secondary N) is 1. The minimum absolute atomic E-state index is 0.533. The molecule has 0 bridgehead atoms. The first-order valence-corrected chi connectivity index (χ1v) is 5.29. The summed E-state index contributed by atoms with van der Waals surface area (Å²) in [5.74, 6) is 0.826. The third kappa shape index (κ3) is 3.70. The van der Waals surface area contributed by atoms with Crippen LogP contribution in [0.15, 0.2) is 12.1 Å². The van der Waals surface area contributed by atoms with Gasteiger partial charge in [0, 0.05) is 11.6 Å². The molecule has 0 heterocycles. The summed E-state index contributed by atoms with van der Waals surface area (Å²) in [6.45, 7) is 5.02. The molecule has 15 heavy (non-hydrogen) atoms. The van der Waals surface area contributed by atoms with Crippen LogP contribution in [0.5, 0.6) is 5.75 Å². The van der Waals surface area contributed by atoms with Crippen LogP contribution >= 0.6 is 11.6 Å². The molecule has 3 nitrogen and oxygen atoms in total. The van der Waals surface area contributed by atoms with Gasteiger partial charge < -0.3 is 9.94 Å². The predicted molar refractivity (Wildman–Crippen MR) is 60.8 cm³/mol. The second kappa shape index (κ2) is 5.95. The molecule has 2 N–H and O–H groups in total. The highest BCUT2D eigenvalue weighted by Gasteiger charge is 2.03. The molecule has 0 spiro atoms. The third-order valence-electron chi connectivity index (χ3n) is 2.11. The van der Waals surface area contributed by atoms with E-state index in [-0.39, 0.29) is 0 Å². The van der Waals surface area contributed by atoms with E-state index in [1.54, 1.807) is 0 Å². The zero-order valence-corrected chi connectivity index (χ0v) is 9.77. The van der Waals surface area contributed by atoms with Gasteiger partial charge in [-0.1, -0.05) is 11.6 Å². The Morgan fingerprint density at radius 3 is 2.47 bits per heavy atom. The van der Waals surface area contributed by atoms with Gasteiger partial charge in [-0.15, -0.1) is 0 Å². The van der Waals surface area contributed by atoms with Crippen molar-refractivity contribution in [1.82, 2.24) is 5.48 Å². The summed E-state index contributed by atoms with van der Waals surface area (Å²) in [7, 11) is 0. The van der Waals surface area contributed by atoms with Gasteiger partial charge in [0.1, 0.15) is 5.75 Å². The van der Waals surface area contributed by atoms with Gasteiger partial charge in [0.25, 0.3) is 0 Å². The first kappa shape index (κ1) is 12.3. The summed E-state index contributed by atoms with van der Waals surface area (Å²) in [5.41, 5.74) is 4.13. The first-order chi connectivity index (χ1) is 7.15. The van der Waals surface area contributed by atoms with E-state index in [1.807, 2.05) is 26.0 Å². The third-order valence-corrected chi connectivity index (χ3v) is 2.71. The molecule has 0 aliphatic heterocycles. The van der Waals surface area contributed by atoms with E-state index in [0.717, 1.165) is 28.3 Å². The SMILES string of the molecule is Cc1cc(OCCCNO)cc(C)c1Cl. The lowest BCUT2D eigenvalue weighted by Gasteiger charge is -2.09. The fourth-order valence-electron chi connectivity index (χ4n) is 1.33. The summed E-state index contributed by atoms with van der Waals surface area (Å²) in [6.07, 6.45) is 0.761. The van der Waals surface area contributed by atoms with Crippen molar-refractivity contribution in [2.75, 3.05) is 13.2 Å². The highest BCUT2D eigenvalue weighted by molar-refractivity contribution is 6.32. The van der Waals surface area contributed by atoms with Crippen molar-refractivity contribution in [3.05, 3.63) is 28.3 Å². The molecule has 0 saturated heterocycles. The van der Waals surface area contributed by atoms with Crippen molar-refractivity contribution in [2.24, 2.45) is 0 Å². The molecule has 1 aromatic rings. The molecule has 0 fully saturated rings. The summed E-state index contributed by atoms with van der Waals surface area (Å²) >= 11 is 6.03. The van der Waals surface area contributed by atoms with Gasteiger partial charge in [0.15, 0.2) is 0 Å². The minimum atomic E-state index is 0.533. The maximum atomic E-state index is 8.37. The number of aryl methyl sites for hydroxylation is 2. The van der Waals surface area contributed by atoms with Crippen LogP contribution in [0.25, 0.3) is 0 Å². The van der Waals surface area contributed by atoms with Gasteiger partial charge in [0.05, 0.1) is 6.61 Å². The number of halogens is 1. The number of benzene rings is 1. The van der Waals surface area contributed by atoms with Crippen LogP contribution in [-0.4, -0.2) is 18.4 Å². The summed E-state index contributed by atoms with van der Waals surface area (Å²) < 4.78 is 5.51. The minimum Gasteiger partial charge on any atom is -0.494 e. The molecule has 1 aromatic carbocycles. The van der Waals surface area contributed by atoms with Crippen LogP contribution in [0.1, 0.15) is 17.5 Å². The zero-order chi connectivity index (χ0) is 11.3. The van der Waals surface area contributed by atoms with Crippen molar-refractivity contribution in [2.45, 2.75) is 20.3 Å². The molecular weight excluding hydrogens is 214 g/mol. The molecule has 84 valence electrons. The lowest BCUT2D eigenvalue weighted by molar-refractivity contribution is 0.157. The van der Waals surface area contributed by atoms with E-state index in [1.165, 1.54) is 0 Å². The lowest BCUT2D eigenvalue weighted by Crippen LogP contribution is -2.12. The van der Waals surface area contributed by atoms with Gasteiger partial charge >= 0.3 is 0 Å². The molecule has 0 aromatic heterocycles. The van der Waals surface area contributed by atoms with Crippen LogP contribution in [0.4, 0.5) is 0 Å². The predicted octanol–water partition coefficient (Wildman–Crippen LogP) is 2.70. The Kier molecular flexibility index (Phi) is 4.88. The molecule has 0 atom stereocenters. The van der Waals surface area contributed by atoms with Crippen LogP contribution in [0, 0.1) is 13.8 Å². The smallest absolute Gasteiger partial charge is 0.119 e. The van der Waals surface area contributed by atoms with E-state index in [9.17, 15) is 0 Å². The highest BCUT2D eigenvalue weighted by Crippen LogP contribution is 2.25. The number of ether oxygens (including phenoxy) is 1. The quantitative estimate of drug-likeness (QED) is 0.603. The van der Waals surface area contributed by atoms with Gasteiger partial charge in [-0.25, -0.2) is 5.48 Å². The maximum Gasteiger partial charge on any atom is 0.119 e.